The SMILES string of the molecule is CCCNC(Cc1cc(F)ccc1C)C(CCC)OCC. The van der Waals surface area contributed by atoms with Crippen molar-refractivity contribution in [3.63, 3.8) is 0 Å². The topological polar surface area (TPSA) is 21.3 Å². The molecule has 0 saturated heterocycles. The van der Waals surface area contributed by atoms with Crippen molar-refractivity contribution < 1.29 is 9.13 Å². The Kier molecular flexibility index (Phi) is 8.55. The maximum atomic E-state index is 13.5. The summed E-state index contributed by atoms with van der Waals surface area (Å²) < 4.78 is 19.4. The van der Waals surface area contributed by atoms with E-state index in [1.54, 1.807) is 6.07 Å². The van der Waals surface area contributed by atoms with Crippen LogP contribution in [0, 0.1) is 12.7 Å². The van der Waals surface area contributed by atoms with Crippen LogP contribution >= 0.6 is 0 Å². The maximum absolute atomic E-state index is 13.5. The van der Waals surface area contributed by atoms with Gasteiger partial charge in [-0.1, -0.05) is 26.3 Å². The van der Waals surface area contributed by atoms with Gasteiger partial charge in [0, 0.05) is 12.6 Å². The van der Waals surface area contributed by atoms with E-state index in [0.717, 1.165) is 50.0 Å². The zero-order valence-electron chi connectivity index (χ0n) is 13.9. The van der Waals surface area contributed by atoms with Crippen LogP contribution in [0.2, 0.25) is 0 Å². The van der Waals surface area contributed by atoms with Gasteiger partial charge in [-0.25, -0.2) is 4.39 Å². The number of halogens is 1. The second kappa shape index (κ2) is 9.91. The van der Waals surface area contributed by atoms with Crippen LogP contribution in [0.15, 0.2) is 18.2 Å². The second-order valence-corrected chi connectivity index (χ2v) is 5.62. The molecule has 1 rings (SSSR count). The minimum absolute atomic E-state index is 0.159. The summed E-state index contributed by atoms with van der Waals surface area (Å²) >= 11 is 0. The van der Waals surface area contributed by atoms with Gasteiger partial charge in [-0.05, 0) is 62.9 Å². The highest BCUT2D eigenvalue weighted by Crippen LogP contribution is 2.17. The van der Waals surface area contributed by atoms with E-state index in [9.17, 15) is 4.39 Å². The molecule has 0 amide bonds. The van der Waals surface area contributed by atoms with Gasteiger partial charge in [0.1, 0.15) is 5.82 Å². The van der Waals surface area contributed by atoms with Crippen molar-refractivity contribution >= 4 is 0 Å². The van der Waals surface area contributed by atoms with E-state index < -0.39 is 0 Å². The molecule has 0 aliphatic heterocycles. The lowest BCUT2D eigenvalue weighted by Crippen LogP contribution is -2.43. The van der Waals surface area contributed by atoms with Gasteiger partial charge in [0.25, 0.3) is 0 Å². The molecule has 1 N–H and O–H groups in total. The van der Waals surface area contributed by atoms with Gasteiger partial charge in [-0.3, -0.25) is 0 Å². The average Bonchev–Trinajstić information content (AvgIpc) is 2.47. The van der Waals surface area contributed by atoms with Crippen LogP contribution in [-0.2, 0) is 11.2 Å². The summed E-state index contributed by atoms with van der Waals surface area (Å²) in [6.45, 7) is 10.1. The molecule has 0 aliphatic carbocycles. The van der Waals surface area contributed by atoms with Crippen LogP contribution in [0.25, 0.3) is 0 Å². The van der Waals surface area contributed by atoms with E-state index in [0.29, 0.717) is 0 Å². The molecule has 0 fully saturated rings. The van der Waals surface area contributed by atoms with Gasteiger partial charge in [0.2, 0.25) is 0 Å². The first-order valence-corrected chi connectivity index (χ1v) is 8.22. The van der Waals surface area contributed by atoms with Crippen molar-refractivity contribution in [2.45, 2.75) is 65.5 Å². The Bertz CT molecular complexity index is 402. The maximum Gasteiger partial charge on any atom is 0.123 e. The minimum atomic E-state index is -0.159. The highest BCUT2D eigenvalue weighted by molar-refractivity contribution is 5.27. The van der Waals surface area contributed by atoms with Crippen molar-refractivity contribution in [3.8, 4) is 0 Å². The standard InChI is InChI=1S/C18H30FNO/c1-5-8-18(21-7-3)17(20-11-6-2)13-15-12-16(19)10-9-14(15)4/h9-10,12,17-18,20H,5-8,11,13H2,1-4H3. The Morgan fingerprint density at radius 1 is 1.19 bits per heavy atom. The molecule has 1 aromatic carbocycles. The predicted octanol–water partition coefficient (Wildman–Crippen LogP) is 4.25. The van der Waals surface area contributed by atoms with E-state index >= 15 is 0 Å². The third-order valence-electron chi connectivity index (χ3n) is 3.81. The summed E-state index contributed by atoms with van der Waals surface area (Å²) in [5.41, 5.74) is 2.22. The van der Waals surface area contributed by atoms with Crippen molar-refractivity contribution in [2.75, 3.05) is 13.2 Å². The fourth-order valence-corrected chi connectivity index (χ4v) is 2.66. The number of hydrogen-bond acceptors (Lipinski definition) is 2. The molecule has 3 heteroatoms. The van der Waals surface area contributed by atoms with Crippen molar-refractivity contribution in [1.82, 2.24) is 5.32 Å². The largest absolute Gasteiger partial charge is 0.377 e. The van der Waals surface area contributed by atoms with E-state index in [2.05, 4.69) is 19.2 Å². The first-order valence-electron chi connectivity index (χ1n) is 8.22. The van der Waals surface area contributed by atoms with E-state index in [1.807, 2.05) is 19.9 Å². The summed E-state index contributed by atoms with van der Waals surface area (Å²) in [6, 6.07) is 5.28. The molecule has 0 aromatic heterocycles. The van der Waals surface area contributed by atoms with Crippen LogP contribution in [0.3, 0.4) is 0 Å². The molecular weight excluding hydrogens is 265 g/mol. The first kappa shape index (κ1) is 18.1. The number of benzene rings is 1. The third kappa shape index (κ3) is 6.15. The number of hydrogen-bond donors (Lipinski definition) is 1. The molecule has 0 heterocycles. The van der Waals surface area contributed by atoms with Gasteiger partial charge >= 0.3 is 0 Å². The Hall–Kier alpha value is -0.930. The molecule has 2 atom stereocenters. The monoisotopic (exact) mass is 295 g/mol. The molecule has 0 spiro atoms. The first-order chi connectivity index (χ1) is 10.1. The van der Waals surface area contributed by atoms with Gasteiger partial charge in [0.15, 0.2) is 0 Å². The summed E-state index contributed by atoms with van der Waals surface area (Å²) in [7, 11) is 0. The molecule has 1 aromatic rings. The zero-order valence-corrected chi connectivity index (χ0v) is 13.9. The molecule has 0 bridgehead atoms. The predicted molar refractivity (Wildman–Crippen MR) is 87.2 cm³/mol. The molecule has 120 valence electrons. The summed E-state index contributed by atoms with van der Waals surface area (Å²) in [6.07, 6.45) is 4.22. The van der Waals surface area contributed by atoms with Gasteiger partial charge in [0.05, 0.1) is 6.10 Å². The summed E-state index contributed by atoms with van der Waals surface area (Å²) in [4.78, 5) is 0. The van der Waals surface area contributed by atoms with Crippen LogP contribution in [0.1, 0.15) is 51.2 Å². The lowest BCUT2D eigenvalue weighted by Gasteiger charge is -2.28. The van der Waals surface area contributed by atoms with Crippen molar-refractivity contribution in [2.24, 2.45) is 0 Å². The quantitative estimate of drug-likeness (QED) is 0.697. The molecule has 2 unspecified atom stereocenters. The Balaban J connectivity index is 2.86. The number of nitrogens with one attached hydrogen (secondary N) is 1. The van der Waals surface area contributed by atoms with Gasteiger partial charge < -0.3 is 10.1 Å². The summed E-state index contributed by atoms with van der Waals surface area (Å²) in [5, 5.41) is 3.59. The van der Waals surface area contributed by atoms with Crippen LogP contribution < -0.4 is 5.32 Å². The zero-order chi connectivity index (χ0) is 15.7. The highest BCUT2D eigenvalue weighted by Gasteiger charge is 2.21. The van der Waals surface area contributed by atoms with E-state index in [4.69, 9.17) is 4.74 Å². The Morgan fingerprint density at radius 3 is 2.57 bits per heavy atom. The molecule has 0 aliphatic rings. The number of aryl methyl sites for hydroxylation is 1. The lowest BCUT2D eigenvalue weighted by atomic mass is 9.95. The molecule has 2 nitrogen and oxygen atoms in total. The van der Waals surface area contributed by atoms with Crippen LogP contribution in [0.5, 0.6) is 0 Å². The van der Waals surface area contributed by atoms with Crippen molar-refractivity contribution in [3.05, 3.63) is 35.1 Å². The van der Waals surface area contributed by atoms with Gasteiger partial charge in [-0.2, -0.15) is 0 Å². The van der Waals surface area contributed by atoms with E-state index in [1.165, 1.54) is 6.07 Å². The van der Waals surface area contributed by atoms with Crippen LogP contribution in [-0.4, -0.2) is 25.3 Å². The average molecular weight is 295 g/mol. The lowest BCUT2D eigenvalue weighted by molar-refractivity contribution is 0.0281. The molecular formula is C18H30FNO. The normalized spacial score (nSPS) is 14.1. The number of rotatable bonds is 10. The fraction of sp³-hybridized carbons (Fsp3) is 0.667. The van der Waals surface area contributed by atoms with Gasteiger partial charge in [-0.15, -0.1) is 0 Å². The Morgan fingerprint density at radius 2 is 1.95 bits per heavy atom. The van der Waals surface area contributed by atoms with Crippen molar-refractivity contribution in [1.29, 1.82) is 0 Å². The third-order valence-corrected chi connectivity index (χ3v) is 3.81. The summed E-state index contributed by atoms with van der Waals surface area (Å²) in [5.74, 6) is -0.159. The second-order valence-electron chi connectivity index (χ2n) is 5.62. The molecule has 0 saturated carbocycles. The molecule has 21 heavy (non-hydrogen) atoms. The van der Waals surface area contributed by atoms with Crippen LogP contribution in [0.4, 0.5) is 4.39 Å². The fourth-order valence-electron chi connectivity index (χ4n) is 2.66. The smallest absolute Gasteiger partial charge is 0.123 e. The highest BCUT2D eigenvalue weighted by atomic mass is 19.1. The number of ether oxygens (including phenoxy) is 1. The minimum Gasteiger partial charge on any atom is -0.377 e. The Labute approximate surface area is 129 Å². The van der Waals surface area contributed by atoms with E-state index in [-0.39, 0.29) is 18.0 Å². The molecule has 0 radical (unpaired) electrons.